The van der Waals surface area contributed by atoms with Crippen LogP contribution in [0.1, 0.15) is 10.7 Å². The summed E-state index contributed by atoms with van der Waals surface area (Å²) in [5.74, 6) is 0.808. The zero-order chi connectivity index (χ0) is 12.3. The van der Waals surface area contributed by atoms with Gasteiger partial charge in [-0.25, -0.2) is 9.97 Å². The van der Waals surface area contributed by atoms with Crippen molar-refractivity contribution >= 4 is 44.7 Å². The van der Waals surface area contributed by atoms with E-state index in [2.05, 4.69) is 36.6 Å². The molecule has 0 saturated heterocycles. The Morgan fingerprint density at radius 2 is 2.35 bits per heavy atom. The van der Waals surface area contributed by atoms with E-state index < -0.39 is 0 Å². The molecular formula is C11H11BrClN3S. The van der Waals surface area contributed by atoms with E-state index in [4.69, 9.17) is 11.6 Å². The van der Waals surface area contributed by atoms with Crippen molar-refractivity contribution in [3.63, 3.8) is 0 Å². The summed E-state index contributed by atoms with van der Waals surface area (Å²) in [4.78, 5) is 8.61. The van der Waals surface area contributed by atoms with Gasteiger partial charge >= 0.3 is 0 Å². The van der Waals surface area contributed by atoms with Gasteiger partial charge in [0.15, 0.2) is 0 Å². The minimum Gasteiger partial charge on any atom is -0.369 e. The lowest BCUT2D eigenvalue weighted by atomic mass is 10.4. The maximum atomic E-state index is 5.82. The fourth-order valence-corrected chi connectivity index (χ4v) is 2.90. The maximum Gasteiger partial charge on any atom is 0.140 e. The fourth-order valence-electron chi connectivity index (χ4n) is 1.35. The minimum absolute atomic E-state index is 0.623. The highest BCUT2D eigenvalue weighted by Gasteiger charge is 2.03. The molecule has 2 rings (SSSR count). The van der Waals surface area contributed by atoms with Gasteiger partial charge in [-0.15, -0.1) is 11.3 Å². The molecule has 0 bridgehead atoms. The van der Waals surface area contributed by atoms with E-state index in [1.165, 1.54) is 0 Å². The van der Waals surface area contributed by atoms with Crippen LogP contribution in [0.5, 0.6) is 0 Å². The first kappa shape index (κ1) is 12.8. The van der Waals surface area contributed by atoms with Crippen LogP contribution in [-0.2, 0) is 6.42 Å². The molecule has 0 spiro atoms. The Hall–Kier alpha value is -0.650. The topological polar surface area (TPSA) is 37.8 Å². The number of anilines is 1. The summed E-state index contributed by atoms with van der Waals surface area (Å²) in [6.45, 7) is 2.81. The van der Waals surface area contributed by atoms with E-state index in [9.17, 15) is 0 Å². The van der Waals surface area contributed by atoms with Crippen LogP contribution in [0.4, 0.5) is 5.82 Å². The summed E-state index contributed by atoms with van der Waals surface area (Å²) in [6, 6.07) is 1.82. The molecule has 0 unspecified atom stereocenters. The molecule has 90 valence electrons. The van der Waals surface area contributed by atoms with Crippen molar-refractivity contribution in [2.75, 3.05) is 11.9 Å². The van der Waals surface area contributed by atoms with Crippen molar-refractivity contribution in [1.82, 2.24) is 9.97 Å². The summed E-state index contributed by atoms with van der Waals surface area (Å²) < 4.78 is 0.875. The van der Waals surface area contributed by atoms with Crippen LogP contribution in [0, 0.1) is 6.92 Å². The highest BCUT2D eigenvalue weighted by Crippen LogP contribution is 2.23. The summed E-state index contributed by atoms with van der Waals surface area (Å²) in [6.07, 6.45) is 2.53. The van der Waals surface area contributed by atoms with Gasteiger partial charge in [0, 0.05) is 30.2 Å². The number of thiazole rings is 1. The zero-order valence-electron chi connectivity index (χ0n) is 9.20. The third kappa shape index (κ3) is 3.66. The average molecular weight is 333 g/mol. The van der Waals surface area contributed by atoms with Crippen LogP contribution in [0.2, 0.25) is 5.02 Å². The second kappa shape index (κ2) is 5.80. The predicted molar refractivity (Wildman–Crippen MR) is 76.0 cm³/mol. The third-order valence-corrected chi connectivity index (χ3v) is 3.94. The first-order chi connectivity index (χ1) is 8.15. The lowest BCUT2D eigenvalue weighted by molar-refractivity contribution is 0.976. The van der Waals surface area contributed by atoms with Crippen LogP contribution in [0.25, 0.3) is 0 Å². The maximum absolute atomic E-state index is 5.82. The molecule has 0 amide bonds. The summed E-state index contributed by atoms with van der Waals surface area (Å²) in [5, 5.41) is 7.07. The molecule has 0 aromatic carbocycles. The fraction of sp³-hybridized carbons (Fsp3) is 0.273. The number of pyridine rings is 1. The standard InChI is InChI=1S/C11H11BrClN3S/c1-7-6-17-10(16-7)2-3-14-11-9(12)4-8(13)5-15-11/h4-6H,2-3H2,1H3,(H,14,15). The SMILES string of the molecule is Cc1csc(CCNc2ncc(Cl)cc2Br)n1. The first-order valence-electron chi connectivity index (χ1n) is 5.11. The van der Waals surface area contributed by atoms with E-state index in [1.54, 1.807) is 17.5 Å². The number of aryl methyl sites for hydroxylation is 1. The van der Waals surface area contributed by atoms with Gasteiger partial charge < -0.3 is 5.32 Å². The van der Waals surface area contributed by atoms with E-state index in [0.717, 1.165) is 34.0 Å². The van der Waals surface area contributed by atoms with E-state index in [-0.39, 0.29) is 0 Å². The Morgan fingerprint density at radius 1 is 1.53 bits per heavy atom. The van der Waals surface area contributed by atoms with Gasteiger partial charge in [0.25, 0.3) is 0 Å². The molecule has 0 radical (unpaired) electrons. The zero-order valence-corrected chi connectivity index (χ0v) is 12.4. The quantitative estimate of drug-likeness (QED) is 0.922. The van der Waals surface area contributed by atoms with Crippen LogP contribution >= 0.6 is 38.9 Å². The van der Waals surface area contributed by atoms with Crippen molar-refractivity contribution in [2.45, 2.75) is 13.3 Å². The lowest BCUT2D eigenvalue weighted by Crippen LogP contribution is -2.06. The largest absolute Gasteiger partial charge is 0.369 e. The van der Waals surface area contributed by atoms with Crippen LogP contribution in [0.15, 0.2) is 22.1 Å². The smallest absolute Gasteiger partial charge is 0.140 e. The average Bonchev–Trinajstić information content (AvgIpc) is 2.68. The van der Waals surface area contributed by atoms with Gasteiger partial charge in [-0.05, 0) is 28.9 Å². The number of hydrogen-bond donors (Lipinski definition) is 1. The predicted octanol–water partition coefficient (Wildman–Crippen LogP) is 3.92. The second-order valence-electron chi connectivity index (χ2n) is 3.54. The van der Waals surface area contributed by atoms with Gasteiger partial charge in [0.05, 0.1) is 14.5 Å². The van der Waals surface area contributed by atoms with E-state index in [0.29, 0.717) is 5.02 Å². The molecule has 0 fully saturated rings. The van der Waals surface area contributed by atoms with Crippen molar-refractivity contribution in [1.29, 1.82) is 0 Å². The van der Waals surface area contributed by atoms with Gasteiger partial charge in [0.2, 0.25) is 0 Å². The molecule has 17 heavy (non-hydrogen) atoms. The number of aromatic nitrogens is 2. The van der Waals surface area contributed by atoms with E-state index >= 15 is 0 Å². The Bertz CT molecular complexity index is 515. The Balaban J connectivity index is 1.90. The monoisotopic (exact) mass is 331 g/mol. The third-order valence-electron chi connectivity index (χ3n) is 2.11. The highest BCUT2D eigenvalue weighted by molar-refractivity contribution is 9.10. The molecule has 0 aliphatic carbocycles. The Kier molecular flexibility index (Phi) is 4.36. The molecule has 0 saturated carbocycles. The van der Waals surface area contributed by atoms with Crippen LogP contribution in [0.3, 0.4) is 0 Å². The molecule has 1 N–H and O–H groups in total. The molecule has 0 atom stereocenters. The van der Waals surface area contributed by atoms with Crippen molar-refractivity contribution in [2.24, 2.45) is 0 Å². The lowest BCUT2D eigenvalue weighted by Gasteiger charge is -2.06. The number of nitrogens with one attached hydrogen (secondary N) is 1. The highest BCUT2D eigenvalue weighted by atomic mass is 79.9. The van der Waals surface area contributed by atoms with Crippen molar-refractivity contribution in [3.05, 3.63) is 37.8 Å². The normalized spacial score (nSPS) is 10.5. The number of halogens is 2. The van der Waals surface area contributed by atoms with Gasteiger partial charge in [-0.3, -0.25) is 0 Å². The Labute approximate surface area is 117 Å². The molecular weight excluding hydrogens is 322 g/mol. The summed E-state index contributed by atoms with van der Waals surface area (Å²) in [7, 11) is 0. The van der Waals surface area contributed by atoms with Crippen molar-refractivity contribution in [3.8, 4) is 0 Å². The summed E-state index contributed by atoms with van der Waals surface area (Å²) >= 11 is 10.9. The van der Waals surface area contributed by atoms with Gasteiger partial charge in [-0.1, -0.05) is 11.6 Å². The van der Waals surface area contributed by atoms with E-state index in [1.807, 2.05) is 13.0 Å². The molecule has 6 heteroatoms. The van der Waals surface area contributed by atoms with Crippen molar-refractivity contribution < 1.29 is 0 Å². The Morgan fingerprint density at radius 3 is 3.00 bits per heavy atom. The molecule has 0 aliphatic rings. The molecule has 2 aromatic heterocycles. The summed E-state index contributed by atoms with van der Waals surface area (Å²) in [5.41, 5.74) is 1.08. The number of hydrogen-bond acceptors (Lipinski definition) is 4. The molecule has 2 aromatic rings. The minimum atomic E-state index is 0.623. The molecule has 2 heterocycles. The second-order valence-corrected chi connectivity index (χ2v) is 5.78. The number of nitrogens with zero attached hydrogens (tertiary/aromatic N) is 2. The van der Waals surface area contributed by atoms with Gasteiger partial charge in [-0.2, -0.15) is 0 Å². The first-order valence-corrected chi connectivity index (χ1v) is 7.16. The van der Waals surface area contributed by atoms with Gasteiger partial charge in [0.1, 0.15) is 5.82 Å². The van der Waals surface area contributed by atoms with Crippen LogP contribution < -0.4 is 5.32 Å². The number of rotatable bonds is 4. The molecule has 3 nitrogen and oxygen atoms in total. The van der Waals surface area contributed by atoms with Crippen LogP contribution in [-0.4, -0.2) is 16.5 Å². The molecule has 0 aliphatic heterocycles.